The zero-order valence-corrected chi connectivity index (χ0v) is 22.6. The predicted molar refractivity (Wildman–Crippen MR) is 145 cm³/mol. The van der Waals surface area contributed by atoms with Crippen LogP contribution in [-0.4, -0.2) is 38.3 Å². The third kappa shape index (κ3) is 7.59. The van der Waals surface area contributed by atoms with Crippen LogP contribution < -0.4 is 24.4 Å². The van der Waals surface area contributed by atoms with Crippen LogP contribution in [-0.2, 0) is 16.0 Å². The third-order valence-corrected chi connectivity index (χ3v) is 6.36. The van der Waals surface area contributed by atoms with E-state index in [4.69, 9.17) is 21.1 Å². The number of nitrogens with one attached hydrogen (secondary N) is 1. The molecule has 0 spiro atoms. The molecule has 40 heavy (non-hydrogen) atoms. The van der Waals surface area contributed by atoms with Gasteiger partial charge in [0.15, 0.2) is 0 Å². The van der Waals surface area contributed by atoms with Gasteiger partial charge in [0.2, 0.25) is 0 Å². The number of carbonyl (C=O) groups is 2. The summed E-state index contributed by atoms with van der Waals surface area (Å²) in [6, 6.07) is 12.6. The molecule has 1 amide bonds. The van der Waals surface area contributed by atoms with E-state index in [1.54, 1.807) is 18.2 Å². The fourth-order valence-corrected chi connectivity index (χ4v) is 4.39. The van der Waals surface area contributed by atoms with Gasteiger partial charge in [0.25, 0.3) is 5.91 Å². The highest BCUT2D eigenvalue weighted by molar-refractivity contribution is 6.30. The topological polar surface area (TPSA) is 77.1 Å². The van der Waals surface area contributed by atoms with Crippen molar-refractivity contribution < 1.29 is 38.3 Å². The van der Waals surface area contributed by atoms with Crippen LogP contribution in [0, 0.1) is 0 Å². The lowest BCUT2D eigenvalue weighted by Gasteiger charge is -2.26. The van der Waals surface area contributed by atoms with Crippen molar-refractivity contribution in [2.45, 2.75) is 38.6 Å². The van der Waals surface area contributed by atoms with Crippen LogP contribution in [0.25, 0.3) is 0 Å². The molecule has 1 atom stereocenters. The molecule has 11 heteroatoms. The van der Waals surface area contributed by atoms with Crippen LogP contribution in [0.4, 0.5) is 24.5 Å². The largest absolute Gasteiger partial charge is 0.573 e. The Bertz CT molecular complexity index is 1420. The van der Waals surface area contributed by atoms with E-state index >= 15 is 0 Å². The molecule has 3 aromatic carbocycles. The molecular formula is C29H28ClF3N2O5. The number of rotatable bonds is 11. The quantitative estimate of drug-likeness (QED) is 0.254. The lowest BCUT2D eigenvalue weighted by atomic mass is 10.0. The molecule has 7 nitrogen and oxygen atoms in total. The van der Waals surface area contributed by atoms with Gasteiger partial charge in [0.05, 0.1) is 20.8 Å². The van der Waals surface area contributed by atoms with Gasteiger partial charge in [-0.1, -0.05) is 29.8 Å². The molecule has 0 radical (unpaired) electrons. The highest BCUT2D eigenvalue weighted by atomic mass is 35.5. The van der Waals surface area contributed by atoms with E-state index in [0.717, 1.165) is 6.07 Å². The molecule has 0 aliphatic carbocycles. The maximum atomic E-state index is 14.1. The van der Waals surface area contributed by atoms with E-state index in [9.17, 15) is 24.1 Å². The molecule has 1 unspecified atom stereocenters. The zero-order valence-electron chi connectivity index (χ0n) is 22.8. The Labute approximate surface area is 236 Å². The van der Waals surface area contributed by atoms with Gasteiger partial charge in [0, 0.05) is 47.9 Å². The molecule has 4 rings (SSSR count). The normalized spacial score (nSPS) is 14.6. The number of methoxy groups -OCH3 is 1. The first kappa shape index (κ1) is 27.6. The Morgan fingerprint density at radius 1 is 1.07 bits per heavy atom. The van der Waals surface area contributed by atoms with Crippen LogP contribution >= 0.6 is 11.6 Å². The number of alkyl halides is 3. The number of benzene rings is 3. The SMILES string of the molecule is [2H]C(Nc1cc(OC)cc(OCCCC(C)=O)c1)(C(=O)N1CCc2ccc(OC(F)(F)F)cc21)c1ccc(Cl)cc1. The van der Waals surface area contributed by atoms with Crippen LogP contribution in [0.2, 0.25) is 5.02 Å². The Hall–Kier alpha value is -3.92. The molecule has 212 valence electrons. The minimum Gasteiger partial charge on any atom is -0.497 e. The van der Waals surface area contributed by atoms with Crippen molar-refractivity contribution >= 4 is 34.7 Å². The van der Waals surface area contributed by atoms with Crippen LogP contribution in [0.1, 0.15) is 38.3 Å². The second kappa shape index (κ2) is 12.5. The van der Waals surface area contributed by atoms with Crippen molar-refractivity contribution in [1.82, 2.24) is 0 Å². The molecule has 1 N–H and O–H groups in total. The molecule has 1 aliphatic heterocycles. The number of ketones is 1. The molecule has 0 bridgehead atoms. The van der Waals surface area contributed by atoms with Crippen molar-refractivity contribution in [3.05, 3.63) is 76.8 Å². The number of anilines is 2. The Morgan fingerprint density at radius 3 is 2.48 bits per heavy atom. The van der Waals surface area contributed by atoms with Gasteiger partial charge in [-0.25, -0.2) is 0 Å². The van der Waals surface area contributed by atoms with Gasteiger partial charge in [0.1, 0.15) is 29.0 Å². The van der Waals surface area contributed by atoms with Gasteiger partial charge < -0.3 is 29.2 Å². The summed E-state index contributed by atoms with van der Waals surface area (Å²) in [6.07, 6.45) is -3.64. The number of hydrogen-bond donors (Lipinski definition) is 1. The standard InChI is InChI=1S/C29H28ClF3N2O5/c1-18(36)4-3-13-39-25-15-22(14-24(16-25)38-2)34-27(20-5-8-21(30)9-6-20)28(37)35-12-11-19-7-10-23(17-26(19)35)40-29(31,32)33/h5-10,14-17,27,34H,3-4,11-13H2,1-2H3/i27D. The second-order valence-electron chi connectivity index (χ2n) is 9.10. The van der Waals surface area contributed by atoms with E-state index in [2.05, 4.69) is 10.1 Å². The Morgan fingerprint density at radius 2 is 1.80 bits per heavy atom. The first-order valence-electron chi connectivity index (χ1n) is 12.9. The number of halogens is 4. The summed E-state index contributed by atoms with van der Waals surface area (Å²) >= 11 is 6.07. The van der Waals surface area contributed by atoms with E-state index < -0.39 is 24.0 Å². The number of ether oxygens (including phenoxy) is 3. The average Bonchev–Trinajstić information content (AvgIpc) is 3.33. The highest BCUT2D eigenvalue weighted by Crippen LogP contribution is 2.37. The molecule has 0 saturated heterocycles. The Kier molecular flexibility index (Phi) is 8.64. The fourth-order valence-electron chi connectivity index (χ4n) is 4.27. The summed E-state index contributed by atoms with van der Waals surface area (Å²) in [4.78, 5) is 26.6. The molecule has 0 aromatic heterocycles. The summed E-state index contributed by atoms with van der Waals surface area (Å²) in [7, 11) is 1.46. The van der Waals surface area contributed by atoms with E-state index in [-0.39, 0.29) is 30.2 Å². The summed E-state index contributed by atoms with van der Waals surface area (Å²) in [5.41, 5.74) is 1.44. The summed E-state index contributed by atoms with van der Waals surface area (Å²) < 4.78 is 63.3. The maximum absolute atomic E-state index is 14.1. The molecule has 3 aromatic rings. The van der Waals surface area contributed by atoms with Crippen molar-refractivity contribution in [3.63, 3.8) is 0 Å². The van der Waals surface area contributed by atoms with Gasteiger partial charge in [-0.15, -0.1) is 13.2 Å². The summed E-state index contributed by atoms with van der Waals surface area (Å²) in [5.74, 6) is -0.368. The highest BCUT2D eigenvalue weighted by Gasteiger charge is 2.34. The minimum absolute atomic E-state index is 0.0441. The van der Waals surface area contributed by atoms with Crippen molar-refractivity contribution in [2.75, 3.05) is 30.5 Å². The zero-order chi connectivity index (χ0) is 29.8. The van der Waals surface area contributed by atoms with Crippen molar-refractivity contribution in [1.29, 1.82) is 0 Å². The first-order chi connectivity index (χ1) is 19.4. The monoisotopic (exact) mass is 577 g/mol. The fraction of sp³-hybridized carbons (Fsp3) is 0.310. The number of carbonyl (C=O) groups excluding carboxylic acids is 2. The maximum Gasteiger partial charge on any atom is 0.573 e. The summed E-state index contributed by atoms with van der Waals surface area (Å²) in [5, 5.41) is 3.38. The molecule has 0 saturated carbocycles. The van der Waals surface area contributed by atoms with E-state index in [0.29, 0.717) is 47.0 Å². The lowest BCUT2D eigenvalue weighted by Crippen LogP contribution is -2.37. The number of Topliss-reactive ketones (excluding diaryl/α,β-unsaturated/α-hetero) is 1. The van der Waals surface area contributed by atoms with E-state index in [1.807, 2.05) is 0 Å². The van der Waals surface area contributed by atoms with Crippen molar-refractivity contribution in [3.8, 4) is 17.2 Å². The first-order valence-corrected chi connectivity index (χ1v) is 12.8. The average molecular weight is 578 g/mol. The number of nitrogens with zero attached hydrogens (tertiary/aromatic N) is 1. The molecular weight excluding hydrogens is 549 g/mol. The van der Waals surface area contributed by atoms with E-state index in [1.165, 1.54) is 55.3 Å². The number of hydrogen-bond acceptors (Lipinski definition) is 6. The minimum atomic E-state index is -4.90. The van der Waals surface area contributed by atoms with Gasteiger partial charge in [-0.05, 0) is 49.1 Å². The Balaban J connectivity index is 1.69. The molecule has 1 aliphatic rings. The smallest absolute Gasteiger partial charge is 0.497 e. The van der Waals surface area contributed by atoms with Crippen LogP contribution in [0.5, 0.6) is 17.2 Å². The second-order valence-corrected chi connectivity index (χ2v) is 9.54. The number of amides is 1. The van der Waals surface area contributed by atoms with Gasteiger partial charge in [-0.2, -0.15) is 0 Å². The summed E-state index contributed by atoms with van der Waals surface area (Å²) in [6.45, 7) is 1.92. The molecule has 1 heterocycles. The number of fused-ring (bicyclic) bond motifs is 1. The van der Waals surface area contributed by atoms with Crippen LogP contribution in [0.3, 0.4) is 0 Å². The van der Waals surface area contributed by atoms with Gasteiger partial charge >= 0.3 is 6.36 Å². The van der Waals surface area contributed by atoms with Crippen LogP contribution in [0.15, 0.2) is 60.7 Å². The lowest BCUT2D eigenvalue weighted by molar-refractivity contribution is -0.274. The predicted octanol–water partition coefficient (Wildman–Crippen LogP) is 6.74. The van der Waals surface area contributed by atoms with Crippen molar-refractivity contribution in [2.24, 2.45) is 0 Å². The van der Waals surface area contributed by atoms with Gasteiger partial charge in [-0.3, -0.25) is 4.79 Å². The third-order valence-electron chi connectivity index (χ3n) is 6.10. The molecule has 0 fully saturated rings.